The molecule has 2 atom stereocenters. The van der Waals surface area contributed by atoms with Crippen LogP contribution in [-0.4, -0.2) is 31.9 Å². The van der Waals surface area contributed by atoms with Crippen molar-refractivity contribution in [2.75, 3.05) is 13.2 Å². The lowest BCUT2D eigenvalue weighted by Crippen LogP contribution is -2.48. The van der Waals surface area contributed by atoms with Crippen molar-refractivity contribution >= 4 is 21.6 Å². The number of morpholine rings is 1. The van der Waals surface area contributed by atoms with E-state index in [4.69, 9.17) is 16.3 Å². The van der Waals surface area contributed by atoms with Crippen LogP contribution >= 0.6 is 11.6 Å². The van der Waals surface area contributed by atoms with Gasteiger partial charge in [-0.05, 0) is 36.8 Å². The minimum atomic E-state index is -3.57. The molecule has 0 bridgehead atoms. The maximum absolute atomic E-state index is 12.9. The number of rotatable bonds is 3. The SMILES string of the molecule is CC1COC(c2ccccc2)CN1S(=O)(=O)c1ccc(Cl)cc1. The third-order valence-electron chi connectivity index (χ3n) is 3.97. The van der Waals surface area contributed by atoms with Crippen LogP contribution in [0, 0.1) is 0 Å². The number of halogens is 1. The molecule has 0 spiro atoms. The van der Waals surface area contributed by atoms with Crippen LogP contribution in [0.15, 0.2) is 59.5 Å². The van der Waals surface area contributed by atoms with Gasteiger partial charge in [-0.1, -0.05) is 41.9 Å². The highest BCUT2D eigenvalue weighted by molar-refractivity contribution is 7.89. The first-order valence-corrected chi connectivity index (χ1v) is 9.24. The molecule has 4 nitrogen and oxygen atoms in total. The van der Waals surface area contributed by atoms with Gasteiger partial charge in [0.25, 0.3) is 0 Å². The summed E-state index contributed by atoms with van der Waals surface area (Å²) >= 11 is 5.85. The van der Waals surface area contributed by atoms with Gasteiger partial charge in [0.05, 0.1) is 17.6 Å². The van der Waals surface area contributed by atoms with Crippen molar-refractivity contribution in [2.24, 2.45) is 0 Å². The molecule has 1 heterocycles. The number of hydrogen-bond donors (Lipinski definition) is 0. The fourth-order valence-electron chi connectivity index (χ4n) is 2.68. The van der Waals surface area contributed by atoms with Gasteiger partial charge in [0.15, 0.2) is 0 Å². The number of ether oxygens (including phenoxy) is 1. The van der Waals surface area contributed by atoms with Crippen LogP contribution in [0.5, 0.6) is 0 Å². The van der Waals surface area contributed by atoms with E-state index >= 15 is 0 Å². The average molecular weight is 352 g/mol. The van der Waals surface area contributed by atoms with Crippen molar-refractivity contribution in [3.63, 3.8) is 0 Å². The molecule has 0 aromatic heterocycles. The van der Waals surface area contributed by atoms with E-state index in [9.17, 15) is 8.42 Å². The molecule has 3 rings (SSSR count). The van der Waals surface area contributed by atoms with Gasteiger partial charge in [-0.3, -0.25) is 0 Å². The topological polar surface area (TPSA) is 46.6 Å². The van der Waals surface area contributed by atoms with Crippen molar-refractivity contribution in [2.45, 2.75) is 24.0 Å². The first-order valence-electron chi connectivity index (χ1n) is 7.42. The highest BCUT2D eigenvalue weighted by atomic mass is 35.5. The third kappa shape index (κ3) is 3.43. The molecule has 23 heavy (non-hydrogen) atoms. The van der Waals surface area contributed by atoms with Crippen molar-refractivity contribution in [1.29, 1.82) is 0 Å². The van der Waals surface area contributed by atoms with Crippen LogP contribution in [0.25, 0.3) is 0 Å². The monoisotopic (exact) mass is 351 g/mol. The van der Waals surface area contributed by atoms with E-state index in [1.54, 1.807) is 12.1 Å². The highest BCUT2D eigenvalue weighted by Crippen LogP contribution is 2.29. The predicted molar refractivity (Wildman–Crippen MR) is 89.9 cm³/mol. The lowest BCUT2D eigenvalue weighted by Gasteiger charge is -2.37. The quantitative estimate of drug-likeness (QED) is 0.850. The zero-order chi connectivity index (χ0) is 16.4. The van der Waals surface area contributed by atoms with Gasteiger partial charge >= 0.3 is 0 Å². The van der Waals surface area contributed by atoms with Crippen LogP contribution in [-0.2, 0) is 14.8 Å². The third-order valence-corrected chi connectivity index (χ3v) is 6.21. The lowest BCUT2D eigenvalue weighted by molar-refractivity contribution is -0.0288. The van der Waals surface area contributed by atoms with E-state index in [-0.39, 0.29) is 17.0 Å². The molecule has 1 saturated heterocycles. The van der Waals surface area contributed by atoms with Gasteiger partial charge in [-0.2, -0.15) is 4.31 Å². The molecule has 1 aliphatic rings. The molecule has 0 N–H and O–H groups in total. The summed E-state index contributed by atoms with van der Waals surface area (Å²) in [5.41, 5.74) is 0.982. The normalized spacial score (nSPS) is 22.9. The molecule has 2 aromatic rings. The first-order chi connectivity index (χ1) is 11.0. The van der Waals surface area contributed by atoms with Gasteiger partial charge < -0.3 is 4.74 Å². The number of hydrogen-bond acceptors (Lipinski definition) is 3. The number of benzene rings is 2. The summed E-state index contributed by atoms with van der Waals surface area (Å²) in [4.78, 5) is 0.252. The van der Waals surface area contributed by atoms with Gasteiger partial charge in [0, 0.05) is 17.6 Å². The second kappa shape index (κ2) is 6.61. The molecular weight excluding hydrogens is 334 g/mol. The lowest BCUT2D eigenvalue weighted by atomic mass is 10.1. The van der Waals surface area contributed by atoms with Crippen LogP contribution in [0.2, 0.25) is 5.02 Å². The Bertz CT molecular complexity index is 762. The molecule has 122 valence electrons. The summed E-state index contributed by atoms with van der Waals surface area (Å²) in [5.74, 6) is 0. The minimum absolute atomic E-state index is 0.212. The second-order valence-electron chi connectivity index (χ2n) is 5.61. The summed E-state index contributed by atoms with van der Waals surface area (Å²) in [6, 6.07) is 15.7. The van der Waals surface area contributed by atoms with E-state index in [1.807, 2.05) is 37.3 Å². The Morgan fingerprint density at radius 2 is 1.74 bits per heavy atom. The Balaban J connectivity index is 1.89. The fourth-order valence-corrected chi connectivity index (χ4v) is 4.42. The van der Waals surface area contributed by atoms with Crippen molar-refractivity contribution < 1.29 is 13.2 Å². The van der Waals surface area contributed by atoms with Gasteiger partial charge in [-0.25, -0.2) is 8.42 Å². The van der Waals surface area contributed by atoms with E-state index in [1.165, 1.54) is 16.4 Å². The molecular formula is C17H18ClNO3S. The van der Waals surface area contributed by atoms with Crippen LogP contribution in [0.3, 0.4) is 0 Å². The zero-order valence-corrected chi connectivity index (χ0v) is 14.3. The summed E-state index contributed by atoms with van der Waals surface area (Å²) < 4.78 is 33.2. The molecule has 1 aliphatic heterocycles. The predicted octanol–water partition coefficient (Wildman–Crippen LogP) is 3.49. The molecule has 0 radical (unpaired) electrons. The summed E-state index contributed by atoms with van der Waals surface area (Å²) in [6.07, 6.45) is -0.255. The van der Waals surface area contributed by atoms with Crippen molar-refractivity contribution in [3.8, 4) is 0 Å². The van der Waals surface area contributed by atoms with Crippen molar-refractivity contribution in [3.05, 3.63) is 65.2 Å². The van der Waals surface area contributed by atoms with Crippen LogP contribution < -0.4 is 0 Å². The molecule has 0 saturated carbocycles. The van der Waals surface area contributed by atoms with E-state index in [2.05, 4.69) is 0 Å². The largest absolute Gasteiger partial charge is 0.370 e. The minimum Gasteiger partial charge on any atom is -0.370 e. The van der Waals surface area contributed by atoms with Gasteiger partial charge in [0.1, 0.15) is 0 Å². The number of sulfonamides is 1. The van der Waals surface area contributed by atoms with Gasteiger partial charge in [0.2, 0.25) is 10.0 Å². The van der Waals surface area contributed by atoms with Gasteiger partial charge in [-0.15, -0.1) is 0 Å². The molecule has 2 unspecified atom stereocenters. The Labute approximate surface area is 141 Å². The molecule has 2 aromatic carbocycles. The summed E-state index contributed by atoms with van der Waals surface area (Å²) in [6.45, 7) is 2.53. The molecule has 1 fully saturated rings. The summed E-state index contributed by atoms with van der Waals surface area (Å²) in [7, 11) is -3.57. The maximum atomic E-state index is 12.9. The summed E-state index contributed by atoms with van der Waals surface area (Å²) in [5, 5.41) is 0.515. The van der Waals surface area contributed by atoms with E-state index in [0.29, 0.717) is 18.2 Å². The maximum Gasteiger partial charge on any atom is 0.243 e. The molecule has 6 heteroatoms. The van der Waals surface area contributed by atoms with Crippen LogP contribution in [0.4, 0.5) is 0 Å². The Morgan fingerprint density at radius 3 is 2.39 bits per heavy atom. The molecule has 0 amide bonds. The zero-order valence-electron chi connectivity index (χ0n) is 12.7. The number of nitrogens with zero attached hydrogens (tertiary/aromatic N) is 1. The van der Waals surface area contributed by atoms with E-state index in [0.717, 1.165) is 5.56 Å². The van der Waals surface area contributed by atoms with Crippen molar-refractivity contribution in [1.82, 2.24) is 4.31 Å². The average Bonchev–Trinajstić information content (AvgIpc) is 2.56. The van der Waals surface area contributed by atoms with Crippen LogP contribution in [0.1, 0.15) is 18.6 Å². The standard InChI is InChI=1S/C17H18ClNO3S/c1-13-12-22-17(14-5-3-2-4-6-14)11-19(13)23(20,21)16-9-7-15(18)8-10-16/h2-10,13,17H,11-12H2,1H3. The first kappa shape index (κ1) is 16.5. The second-order valence-corrected chi connectivity index (χ2v) is 7.94. The Kier molecular flexibility index (Phi) is 4.73. The fraction of sp³-hybridized carbons (Fsp3) is 0.294. The smallest absolute Gasteiger partial charge is 0.243 e. The highest BCUT2D eigenvalue weighted by Gasteiger charge is 2.36. The Morgan fingerprint density at radius 1 is 1.09 bits per heavy atom. The molecule has 0 aliphatic carbocycles. The van der Waals surface area contributed by atoms with E-state index < -0.39 is 10.0 Å². The Hall–Kier alpha value is -1.40.